The monoisotopic (exact) mass is 412 g/mol. The van der Waals surface area contributed by atoms with Crippen molar-refractivity contribution >= 4 is 27.6 Å². The lowest BCUT2D eigenvalue weighted by Gasteiger charge is -2.38. The van der Waals surface area contributed by atoms with Gasteiger partial charge >= 0.3 is 6.09 Å². The van der Waals surface area contributed by atoms with Gasteiger partial charge in [-0.25, -0.2) is 4.79 Å². The summed E-state index contributed by atoms with van der Waals surface area (Å²) in [4.78, 5) is 15.8. The molecule has 28 heavy (non-hydrogen) atoms. The lowest BCUT2D eigenvalue weighted by Crippen LogP contribution is -2.45. The largest absolute Gasteiger partial charge is 0.441 e. The highest BCUT2D eigenvalue weighted by molar-refractivity contribution is 7.85. The number of hydrogen-bond donors (Lipinski definition) is 0. The Hall–Kier alpha value is -1.88. The molecular formula is C18H24N2O7S. The van der Waals surface area contributed by atoms with Crippen LogP contribution in [0.15, 0.2) is 24.3 Å². The quantitative estimate of drug-likeness (QED) is 0.669. The molecule has 3 saturated heterocycles. The van der Waals surface area contributed by atoms with Crippen LogP contribution in [-0.2, 0) is 28.5 Å². The molecule has 9 nitrogen and oxygen atoms in total. The predicted molar refractivity (Wildman–Crippen MR) is 101 cm³/mol. The first-order chi connectivity index (χ1) is 13.3. The highest BCUT2D eigenvalue weighted by Gasteiger charge is 2.40. The molecule has 0 bridgehead atoms. The zero-order valence-electron chi connectivity index (χ0n) is 15.7. The maximum absolute atomic E-state index is 12.1. The summed E-state index contributed by atoms with van der Waals surface area (Å²) in [5.41, 5.74) is 1.77. The van der Waals surface area contributed by atoms with Crippen LogP contribution in [-0.4, -0.2) is 72.1 Å². The second kappa shape index (κ2) is 7.51. The van der Waals surface area contributed by atoms with Crippen LogP contribution in [0.5, 0.6) is 0 Å². The summed E-state index contributed by atoms with van der Waals surface area (Å²) in [5, 5.41) is 0. The van der Waals surface area contributed by atoms with Crippen molar-refractivity contribution in [3.8, 4) is 0 Å². The van der Waals surface area contributed by atoms with Crippen molar-refractivity contribution in [2.45, 2.75) is 24.7 Å². The fraction of sp³-hybridized carbons (Fsp3) is 0.611. The highest BCUT2D eigenvalue weighted by atomic mass is 32.2. The van der Waals surface area contributed by atoms with Gasteiger partial charge in [-0.1, -0.05) is 0 Å². The molecule has 1 spiro atoms. The van der Waals surface area contributed by atoms with E-state index >= 15 is 0 Å². The van der Waals surface area contributed by atoms with Crippen LogP contribution in [0, 0.1) is 0 Å². The van der Waals surface area contributed by atoms with Crippen LogP contribution in [0.25, 0.3) is 0 Å². The molecule has 3 aliphatic rings. The van der Waals surface area contributed by atoms with E-state index in [0.717, 1.165) is 37.9 Å². The first kappa shape index (κ1) is 19.4. The van der Waals surface area contributed by atoms with Crippen molar-refractivity contribution < 1.29 is 31.6 Å². The molecule has 3 heterocycles. The van der Waals surface area contributed by atoms with Gasteiger partial charge in [0.25, 0.3) is 10.1 Å². The fourth-order valence-corrected chi connectivity index (χ4v) is 4.15. The molecule has 1 aromatic rings. The van der Waals surface area contributed by atoms with Crippen molar-refractivity contribution in [2.24, 2.45) is 0 Å². The van der Waals surface area contributed by atoms with Crippen molar-refractivity contribution in [1.29, 1.82) is 0 Å². The molecule has 0 radical (unpaired) electrons. The Kier molecular flexibility index (Phi) is 5.21. The van der Waals surface area contributed by atoms with Gasteiger partial charge in [-0.05, 0) is 24.3 Å². The van der Waals surface area contributed by atoms with E-state index in [-0.39, 0.29) is 13.2 Å². The van der Waals surface area contributed by atoms with E-state index in [9.17, 15) is 13.2 Å². The summed E-state index contributed by atoms with van der Waals surface area (Å²) in [7, 11) is -3.57. The number of piperidine rings is 1. The first-order valence-electron chi connectivity index (χ1n) is 9.29. The summed E-state index contributed by atoms with van der Waals surface area (Å²) in [6, 6.07) is 7.67. The van der Waals surface area contributed by atoms with E-state index in [1.54, 1.807) is 0 Å². The topological polar surface area (TPSA) is 94.6 Å². The minimum absolute atomic E-state index is 0.182. The van der Waals surface area contributed by atoms with Gasteiger partial charge < -0.3 is 19.1 Å². The number of carbonyl (C=O) groups excluding carboxylic acids is 1. The van der Waals surface area contributed by atoms with Crippen LogP contribution >= 0.6 is 0 Å². The zero-order valence-corrected chi connectivity index (χ0v) is 16.5. The molecule has 1 amide bonds. The molecule has 0 saturated carbocycles. The lowest BCUT2D eigenvalue weighted by atomic mass is 10.0. The Bertz CT molecular complexity index is 811. The standard InChI is InChI=1S/C18H24N2O7S/c1-28(22,23)26-13-16-12-20(17(21)27-16)15-4-2-14(3-5-15)19-8-6-18(7-9-19)24-10-11-25-18/h2-5,16H,6-13H2,1H3/t16-/m1/s1. The van der Waals surface area contributed by atoms with E-state index in [4.69, 9.17) is 18.4 Å². The Morgan fingerprint density at radius 1 is 1.11 bits per heavy atom. The number of anilines is 2. The number of rotatable bonds is 5. The normalized spacial score (nSPS) is 24.8. The summed E-state index contributed by atoms with van der Waals surface area (Å²) in [6.45, 7) is 3.08. The molecule has 10 heteroatoms. The minimum Gasteiger partial charge on any atom is -0.441 e. The number of benzene rings is 1. The first-order valence-corrected chi connectivity index (χ1v) is 11.1. The molecular weight excluding hydrogens is 388 g/mol. The zero-order chi connectivity index (χ0) is 19.8. The van der Waals surface area contributed by atoms with Crippen LogP contribution in [0.3, 0.4) is 0 Å². The fourth-order valence-electron chi connectivity index (χ4n) is 3.75. The van der Waals surface area contributed by atoms with Crippen LogP contribution in [0.2, 0.25) is 0 Å². The second-order valence-electron chi connectivity index (χ2n) is 7.22. The van der Waals surface area contributed by atoms with E-state index < -0.39 is 28.1 Å². The molecule has 1 aromatic carbocycles. The minimum atomic E-state index is -3.57. The van der Waals surface area contributed by atoms with Crippen LogP contribution in [0.1, 0.15) is 12.8 Å². The third kappa shape index (κ3) is 4.24. The van der Waals surface area contributed by atoms with Gasteiger partial charge in [0.2, 0.25) is 0 Å². The van der Waals surface area contributed by atoms with Gasteiger partial charge in [0.1, 0.15) is 12.7 Å². The van der Waals surface area contributed by atoms with Gasteiger partial charge in [-0.3, -0.25) is 9.08 Å². The Morgan fingerprint density at radius 3 is 2.32 bits per heavy atom. The SMILES string of the molecule is CS(=O)(=O)OC[C@H]1CN(c2ccc(N3CCC4(CC3)OCCO4)cc2)C(=O)O1. The number of carbonyl (C=O) groups is 1. The molecule has 0 aromatic heterocycles. The van der Waals surface area contributed by atoms with Gasteiger partial charge in [0.15, 0.2) is 5.79 Å². The van der Waals surface area contributed by atoms with Crippen molar-refractivity contribution in [3.05, 3.63) is 24.3 Å². The van der Waals surface area contributed by atoms with Gasteiger partial charge in [0, 0.05) is 37.3 Å². The molecule has 3 fully saturated rings. The molecule has 0 aliphatic carbocycles. The van der Waals surface area contributed by atoms with Crippen LogP contribution in [0.4, 0.5) is 16.2 Å². The Balaban J connectivity index is 1.35. The summed E-state index contributed by atoms with van der Waals surface area (Å²) in [6.07, 6.45) is 1.50. The number of ether oxygens (including phenoxy) is 3. The summed E-state index contributed by atoms with van der Waals surface area (Å²) in [5.74, 6) is -0.404. The summed E-state index contributed by atoms with van der Waals surface area (Å²) >= 11 is 0. The average molecular weight is 412 g/mol. The van der Waals surface area contributed by atoms with Gasteiger partial charge in [-0.2, -0.15) is 8.42 Å². The molecule has 4 rings (SSSR count). The van der Waals surface area contributed by atoms with E-state index in [1.807, 2.05) is 24.3 Å². The molecule has 154 valence electrons. The maximum atomic E-state index is 12.1. The van der Waals surface area contributed by atoms with Gasteiger partial charge in [-0.15, -0.1) is 0 Å². The smallest absolute Gasteiger partial charge is 0.414 e. The number of amides is 1. The molecule has 3 aliphatic heterocycles. The number of nitrogens with zero attached hydrogens (tertiary/aromatic N) is 2. The maximum Gasteiger partial charge on any atom is 0.414 e. The van der Waals surface area contributed by atoms with Crippen molar-refractivity contribution in [2.75, 3.05) is 55.5 Å². The van der Waals surface area contributed by atoms with Gasteiger partial charge in [0.05, 0.1) is 26.0 Å². The second-order valence-corrected chi connectivity index (χ2v) is 8.86. The lowest BCUT2D eigenvalue weighted by molar-refractivity contribution is -0.169. The van der Waals surface area contributed by atoms with Crippen molar-refractivity contribution in [1.82, 2.24) is 0 Å². The Morgan fingerprint density at radius 2 is 1.71 bits per heavy atom. The average Bonchev–Trinajstić information content (AvgIpc) is 3.27. The third-order valence-electron chi connectivity index (χ3n) is 5.21. The highest BCUT2D eigenvalue weighted by Crippen LogP contribution is 2.34. The van der Waals surface area contributed by atoms with Crippen molar-refractivity contribution in [3.63, 3.8) is 0 Å². The molecule has 1 atom stereocenters. The third-order valence-corrected chi connectivity index (χ3v) is 5.77. The van der Waals surface area contributed by atoms with E-state index in [0.29, 0.717) is 18.9 Å². The number of cyclic esters (lactones) is 1. The molecule has 0 unspecified atom stereocenters. The number of hydrogen-bond acceptors (Lipinski definition) is 8. The van der Waals surface area contributed by atoms with Crippen LogP contribution < -0.4 is 9.80 Å². The predicted octanol–water partition coefficient (Wildman–Crippen LogP) is 1.33. The Labute approximate surface area is 164 Å². The van der Waals surface area contributed by atoms with E-state index in [2.05, 4.69) is 4.90 Å². The summed E-state index contributed by atoms with van der Waals surface area (Å²) < 4.78 is 43.6. The molecule has 0 N–H and O–H groups in total. The van der Waals surface area contributed by atoms with E-state index in [1.165, 1.54) is 4.90 Å².